The summed E-state index contributed by atoms with van der Waals surface area (Å²) in [4.78, 5) is 10.8. The molecule has 3 nitrogen and oxygen atoms in total. The van der Waals surface area contributed by atoms with E-state index in [0.717, 1.165) is 18.4 Å². The molecule has 1 aliphatic rings. The van der Waals surface area contributed by atoms with Gasteiger partial charge >= 0.3 is 5.97 Å². The molecule has 16 heavy (non-hydrogen) atoms. The molecule has 0 saturated carbocycles. The first-order chi connectivity index (χ1) is 7.61. The van der Waals surface area contributed by atoms with E-state index in [-0.39, 0.29) is 5.92 Å². The van der Waals surface area contributed by atoms with E-state index in [1.165, 1.54) is 5.56 Å². The SMILES string of the molecule is CC1CCC(C(O)C(=O)O)c2ccccc21. The Kier molecular flexibility index (Phi) is 2.97. The standard InChI is InChI=1S/C13H16O3/c1-8-6-7-11(12(14)13(15)16)10-5-3-2-4-9(8)10/h2-5,8,11-12,14H,6-7H2,1H3,(H,15,16). The number of hydrogen-bond donors (Lipinski definition) is 2. The summed E-state index contributed by atoms with van der Waals surface area (Å²) in [5.74, 6) is -0.937. The van der Waals surface area contributed by atoms with Crippen molar-refractivity contribution in [2.45, 2.75) is 37.7 Å². The molecule has 86 valence electrons. The van der Waals surface area contributed by atoms with Gasteiger partial charge in [-0.1, -0.05) is 31.2 Å². The summed E-state index contributed by atoms with van der Waals surface area (Å²) in [5, 5.41) is 18.6. The first kappa shape index (κ1) is 11.1. The van der Waals surface area contributed by atoms with Crippen LogP contribution in [0.15, 0.2) is 24.3 Å². The van der Waals surface area contributed by atoms with Crippen LogP contribution in [0.25, 0.3) is 0 Å². The largest absolute Gasteiger partial charge is 0.479 e. The van der Waals surface area contributed by atoms with Crippen molar-refractivity contribution in [2.75, 3.05) is 0 Å². The fraction of sp³-hybridized carbons (Fsp3) is 0.462. The number of carboxylic acids is 1. The van der Waals surface area contributed by atoms with Crippen molar-refractivity contribution >= 4 is 5.97 Å². The van der Waals surface area contributed by atoms with Crippen LogP contribution in [0.5, 0.6) is 0 Å². The van der Waals surface area contributed by atoms with Crippen molar-refractivity contribution in [1.82, 2.24) is 0 Å². The summed E-state index contributed by atoms with van der Waals surface area (Å²) in [6.07, 6.45) is 0.395. The lowest BCUT2D eigenvalue weighted by Gasteiger charge is -2.31. The maximum absolute atomic E-state index is 10.8. The number of carbonyl (C=O) groups is 1. The molecular weight excluding hydrogens is 204 g/mol. The maximum Gasteiger partial charge on any atom is 0.333 e. The van der Waals surface area contributed by atoms with Gasteiger partial charge in [0.15, 0.2) is 6.10 Å². The van der Waals surface area contributed by atoms with E-state index in [1.54, 1.807) is 0 Å². The topological polar surface area (TPSA) is 57.5 Å². The minimum atomic E-state index is -1.28. The van der Waals surface area contributed by atoms with Gasteiger partial charge in [0, 0.05) is 5.92 Å². The number of benzene rings is 1. The van der Waals surface area contributed by atoms with Crippen molar-refractivity contribution in [3.8, 4) is 0 Å². The lowest BCUT2D eigenvalue weighted by atomic mass is 9.75. The number of aliphatic hydroxyl groups is 1. The lowest BCUT2D eigenvalue weighted by Crippen LogP contribution is -2.30. The highest BCUT2D eigenvalue weighted by Crippen LogP contribution is 2.39. The molecule has 2 rings (SSSR count). The second kappa shape index (κ2) is 4.26. The summed E-state index contributed by atoms with van der Waals surface area (Å²) in [6.45, 7) is 2.14. The Bertz CT molecular complexity index is 400. The first-order valence-corrected chi connectivity index (χ1v) is 5.61. The highest BCUT2D eigenvalue weighted by atomic mass is 16.4. The van der Waals surface area contributed by atoms with Crippen molar-refractivity contribution in [3.63, 3.8) is 0 Å². The summed E-state index contributed by atoms with van der Waals surface area (Å²) < 4.78 is 0. The third kappa shape index (κ3) is 1.83. The molecule has 0 aromatic heterocycles. The monoisotopic (exact) mass is 220 g/mol. The minimum Gasteiger partial charge on any atom is -0.479 e. The second-order valence-electron chi connectivity index (χ2n) is 4.50. The van der Waals surface area contributed by atoms with Gasteiger partial charge in [-0.2, -0.15) is 0 Å². The number of hydrogen-bond acceptors (Lipinski definition) is 2. The van der Waals surface area contributed by atoms with Crippen LogP contribution in [0.1, 0.15) is 42.7 Å². The summed E-state index contributed by atoms with van der Waals surface area (Å²) >= 11 is 0. The molecule has 3 atom stereocenters. The Labute approximate surface area is 94.7 Å². The molecule has 1 aromatic rings. The van der Waals surface area contributed by atoms with Crippen LogP contribution in [-0.4, -0.2) is 22.3 Å². The van der Waals surface area contributed by atoms with Gasteiger partial charge in [0.05, 0.1) is 0 Å². The van der Waals surface area contributed by atoms with E-state index < -0.39 is 12.1 Å². The molecule has 0 spiro atoms. The zero-order valence-corrected chi connectivity index (χ0v) is 9.26. The molecule has 2 N–H and O–H groups in total. The predicted molar refractivity (Wildman–Crippen MR) is 60.5 cm³/mol. The van der Waals surface area contributed by atoms with Gasteiger partial charge in [-0.25, -0.2) is 4.79 Å². The summed E-state index contributed by atoms with van der Waals surface area (Å²) in [6, 6.07) is 7.83. The van der Waals surface area contributed by atoms with Gasteiger partial charge in [-0.05, 0) is 29.9 Å². The zero-order valence-electron chi connectivity index (χ0n) is 9.26. The smallest absolute Gasteiger partial charge is 0.333 e. The molecule has 0 radical (unpaired) electrons. The van der Waals surface area contributed by atoms with Gasteiger partial charge < -0.3 is 10.2 Å². The van der Waals surface area contributed by atoms with Gasteiger partial charge in [-0.15, -0.1) is 0 Å². The van der Waals surface area contributed by atoms with Crippen molar-refractivity contribution < 1.29 is 15.0 Å². The Balaban J connectivity index is 2.38. The van der Waals surface area contributed by atoms with Crippen LogP contribution < -0.4 is 0 Å². The third-order valence-corrected chi connectivity index (χ3v) is 3.47. The Hall–Kier alpha value is -1.35. The highest BCUT2D eigenvalue weighted by Gasteiger charge is 2.32. The summed E-state index contributed by atoms with van der Waals surface area (Å²) in [5.41, 5.74) is 2.18. The number of fused-ring (bicyclic) bond motifs is 1. The first-order valence-electron chi connectivity index (χ1n) is 5.61. The van der Waals surface area contributed by atoms with Gasteiger partial charge in [-0.3, -0.25) is 0 Å². The molecule has 0 bridgehead atoms. The molecule has 0 fully saturated rings. The summed E-state index contributed by atoms with van der Waals surface area (Å²) in [7, 11) is 0. The zero-order chi connectivity index (χ0) is 11.7. The van der Waals surface area contributed by atoms with E-state index in [2.05, 4.69) is 6.92 Å². The van der Waals surface area contributed by atoms with Gasteiger partial charge in [0.25, 0.3) is 0 Å². The molecule has 0 heterocycles. The molecule has 3 unspecified atom stereocenters. The average Bonchev–Trinajstić information content (AvgIpc) is 2.29. The molecule has 3 heteroatoms. The number of aliphatic carboxylic acids is 1. The average molecular weight is 220 g/mol. The molecular formula is C13H16O3. The van der Waals surface area contributed by atoms with Gasteiger partial charge in [0.2, 0.25) is 0 Å². The molecule has 0 amide bonds. The fourth-order valence-electron chi connectivity index (χ4n) is 2.54. The van der Waals surface area contributed by atoms with Crippen molar-refractivity contribution in [2.24, 2.45) is 0 Å². The Morgan fingerprint density at radius 2 is 1.94 bits per heavy atom. The fourth-order valence-corrected chi connectivity index (χ4v) is 2.54. The third-order valence-electron chi connectivity index (χ3n) is 3.47. The van der Waals surface area contributed by atoms with Gasteiger partial charge in [0.1, 0.15) is 0 Å². The minimum absolute atomic E-state index is 0.259. The Morgan fingerprint density at radius 3 is 2.56 bits per heavy atom. The predicted octanol–water partition coefficient (Wildman–Crippen LogP) is 2.11. The normalized spacial score (nSPS) is 25.9. The van der Waals surface area contributed by atoms with Crippen LogP contribution in [0.2, 0.25) is 0 Å². The number of rotatable bonds is 2. The highest BCUT2D eigenvalue weighted by molar-refractivity contribution is 5.73. The molecule has 1 aliphatic carbocycles. The molecule has 0 saturated heterocycles. The van der Waals surface area contributed by atoms with Crippen molar-refractivity contribution in [1.29, 1.82) is 0 Å². The molecule has 1 aromatic carbocycles. The van der Waals surface area contributed by atoms with E-state index in [4.69, 9.17) is 5.11 Å². The molecule has 0 aliphatic heterocycles. The van der Waals surface area contributed by atoms with Crippen LogP contribution in [0.3, 0.4) is 0 Å². The van der Waals surface area contributed by atoms with Crippen LogP contribution in [0.4, 0.5) is 0 Å². The van der Waals surface area contributed by atoms with Crippen LogP contribution in [-0.2, 0) is 4.79 Å². The second-order valence-corrected chi connectivity index (χ2v) is 4.50. The lowest BCUT2D eigenvalue weighted by molar-refractivity contribution is -0.148. The number of carboxylic acid groups (broad SMARTS) is 1. The van der Waals surface area contributed by atoms with Crippen LogP contribution >= 0.6 is 0 Å². The maximum atomic E-state index is 10.8. The quantitative estimate of drug-likeness (QED) is 0.802. The van der Waals surface area contributed by atoms with E-state index in [1.807, 2.05) is 24.3 Å². The van der Waals surface area contributed by atoms with E-state index in [0.29, 0.717) is 5.92 Å². The number of aliphatic hydroxyl groups excluding tert-OH is 1. The van der Waals surface area contributed by atoms with Crippen LogP contribution in [0, 0.1) is 0 Å². The Morgan fingerprint density at radius 1 is 1.31 bits per heavy atom. The van der Waals surface area contributed by atoms with E-state index >= 15 is 0 Å². The van der Waals surface area contributed by atoms with Crippen molar-refractivity contribution in [3.05, 3.63) is 35.4 Å². The van der Waals surface area contributed by atoms with E-state index in [9.17, 15) is 9.90 Å².